The summed E-state index contributed by atoms with van der Waals surface area (Å²) in [6, 6.07) is 1.21. The fourth-order valence-electron chi connectivity index (χ4n) is 4.98. The normalized spacial score (nSPS) is 13.2. The molecule has 0 aliphatic rings. The highest BCUT2D eigenvalue weighted by Crippen LogP contribution is 2.22. The van der Waals surface area contributed by atoms with Gasteiger partial charge in [-0.05, 0) is 75.1 Å². The molecule has 0 unspecified atom stereocenters. The molecule has 1 aromatic carbocycles. The smallest absolute Gasteiger partial charge is 0.407 e. The SMILES string of the molecule is CCCCOC(=O)N[C@H](C(=O)N[C@@H](CC(C)C)C(=O)N[C@@H](CCCCN)C(=O)c1c(C)c2ccc(C(N)=O)cc2oc1=O)C(C)C. The lowest BCUT2D eigenvalue weighted by atomic mass is 9.94. The van der Waals surface area contributed by atoms with E-state index < -0.39 is 53.3 Å². The molecule has 254 valence electrons. The van der Waals surface area contributed by atoms with Gasteiger partial charge in [0.2, 0.25) is 17.7 Å². The molecule has 0 fully saturated rings. The van der Waals surface area contributed by atoms with E-state index in [2.05, 4.69) is 16.0 Å². The van der Waals surface area contributed by atoms with Crippen molar-refractivity contribution in [2.24, 2.45) is 23.3 Å². The van der Waals surface area contributed by atoms with Gasteiger partial charge in [-0.3, -0.25) is 19.2 Å². The summed E-state index contributed by atoms with van der Waals surface area (Å²) in [5.41, 5.74) is 10.4. The Balaban J connectivity index is 2.37. The van der Waals surface area contributed by atoms with Crippen LogP contribution in [-0.4, -0.2) is 60.9 Å². The van der Waals surface area contributed by atoms with Crippen LogP contribution in [0.2, 0.25) is 0 Å². The number of ketones is 1. The third-order valence-corrected chi connectivity index (χ3v) is 7.57. The molecule has 13 heteroatoms. The van der Waals surface area contributed by atoms with Gasteiger partial charge in [0, 0.05) is 10.9 Å². The van der Waals surface area contributed by atoms with Crippen LogP contribution in [0.1, 0.15) is 99.4 Å². The van der Waals surface area contributed by atoms with Gasteiger partial charge in [0.25, 0.3) is 0 Å². The summed E-state index contributed by atoms with van der Waals surface area (Å²) < 4.78 is 10.6. The second-order valence-electron chi connectivity index (χ2n) is 12.2. The number of carbonyl (C=O) groups is 5. The monoisotopic (exact) mass is 643 g/mol. The van der Waals surface area contributed by atoms with Crippen molar-refractivity contribution in [3.05, 3.63) is 45.3 Å². The number of rotatable bonds is 18. The highest BCUT2D eigenvalue weighted by atomic mass is 16.5. The standard InChI is InChI=1S/C33H49N5O8/c1-7-8-15-45-33(44)38-27(19(4)5)31(42)37-24(16-18(2)3)30(41)36-23(11-9-10-14-34)28(39)26-20(6)22-13-12-21(29(35)40)17-25(22)46-32(26)43/h12-13,17-19,23-24,27H,7-11,14-16,34H2,1-6H3,(H2,35,40)(H,36,41)(H,37,42)(H,38,44)/t23-,24-,27-/m0/s1. The van der Waals surface area contributed by atoms with Gasteiger partial charge in [-0.15, -0.1) is 0 Å². The van der Waals surface area contributed by atoms with Gasteiger partial charge in [-0.25, -0.2) is 9.59 Å². The Hall–Kier alpha value is -4.26. The van der Waals surface area contributed by atoms with Gasteiger partial charge in [-0.1, -0.05) is 47.1 Å². The third kappa shape index (κ3) is 10.7. The van der Waals surface area contributed by atoms with E-state index in [-0.39, 0.29) is 48.0 Å². The molecule has 0 radical (unpaired) electrons. The Morgan fingerprint density at radius 2 is 1.61 bits per heavy atom. The summed E-state index contributed by atoms with van der Waals surface area (Å²) in [7, 11) is 0. The van der Waals surface area contributed by atoms with E-state index in [4.69, 9.17) is 20.6 Å². The van der Waals surface area contributed by atoms with E-state index in [0.29, 0.717) is 36.8 Å². The lowest BCUT2D eigenvalue weighted by molar-refractivity contribution is -0.131. The number of carbonyl (C=O) groups excluding carboxylic acids is 5. The summed E-state index contributed by atoms with van der Waals surface area (Å²) >= 11 is 0. The Labute approximate surface area is 269 Å². The summed E-state index contributed by atoms with van der Waals surface area (Å²) in [4.78, 5) is 78.0. The number of ether oxygens (including phenoxy) is 1. The molecule has 4 amide bonds. The molecule has 0 aliphatic heterocycles. The van der Waals surface area contributed by atoms with Crippen LogP contribution in [0.4, 0.5) is 4.79 Å². The minimum absolute atomic E-state index is 0.0213. The van der Waals surface area contributed by atoms with E-state index in [1.807, 2.05) is 20.8 Å². The first-order chi connectivity index (χ1) is 21.7. The zero-order chi connectivity index (χ0) is 34.6. The van der Waals surface area contributed by atoms with Gasteiger partial charge >= 0.3 is 11.7 Å². The number of alkyl carbamates (subject to hydrolysis) is 1. The van der Waals surface area contributed by atoms with Crippen LogP contribution in [0, 0.1) is 18.8 Å². The number of nitrogens with two attached hydrogens (primary N) is 2. The van der Waals surface area contributed by atoms with Gasteiger partial charge in [0.05, 0.1) is 12.6 Å². The van der Waals surface area contributed by atoms with E-state index in [1.54, 1.807) is 26.8 Å². The molecule has 2 aromatic rings. The Morgan fingerprint density at radius 1 is 0.935 bits per heavy atom. The summed E-state index contributed by atoms with van der Waals surface area (Å²) in [6.45, 7) is 11.4. The fourth-order valence-corrected chi connectivity index (χ4v) is 4.98. The van der Waals surface area contributed by atoms with E-state index in [9.17, 15) is 28.8 Å². The Morgan fingerprint density at radius 3 is 2.20 bits per heavy atom. The third-order valence-electron chi connectivity index (χ3n) is 7.57. The average molecular weight is 644 g/mol. The second kappa shape index (κ2) is 18.0. The summed E-state index contributed by atoms with van der Waals surface area (Å²) in [5.74, 6) is -2.88. The molecule has 2 rings (SSSR count). The maximum Gasteiger partial charge on any atom is 0.407 e. The van der Waals surface area contributed by atoms with Crippen molar-refractivity contribution in [3.63, 3.8) is 0 Å². The quantitative estimate of drug-likeness (QED) is 0.0916. The number of hydrogen-bond donors (Lipinski definition) is 5. The van der Waals surface area contributed by atoms with Gasteiger partial charge in [-0.2, -0.15) is 0 Å². The Kier molecular flexibility index (Phi) is 14.9. The summed E-state index contributed by atoms with van der Waals surface area (Å²) in [5, 5.41) is 8.52. The van der Waals surface area contributed by atoms with Crippen molar-refractivity contribution in [2.45, 2.75) is 98.2 Å². The molecular formula is C33H49N5O8. The first-order valence-corrected chi connectivity index (χ1v) is 15.9. The number of Topliss-reactive ketones (excluding diaryl/α,β-unsaturated/α-hetero) is 1. The number of nitrogens with one attached hydrogen (secondary N) is 3. The highest BCUT2D eigenvalue weighted by molar-refractivity contribution is 6.06. The number of primary amides is 1. The maximum atomic E-state index is 13.9. The lowest BCUT2D eigenvalue weighted by Crippen LogP contribution is -2.57. The predicted octanol–water partition coefficient (Wildman–Crippen LogP) is 3.08. The molecule has 0 saturated heterocycles. The summed E-state index contributed by atoms with van der Waals surface area (Å²) in [6.07, 6.45) is 2.27. The molecule has 46 heavy (non-hydrogen) atoms. The zero-order valence-electron chi connectivity index (χ0n) is 27.7. The largest absolute Gasteiger partial charge is 0.450 e. The Bertz CT molecular complexity index is 1450. The number of unbranched alkanes of at least 4 members (excludes halogenated alkanes) is 2. The zero-order valence-corrected chi connectivity index (χ0v) is 27.7. The van der Waals surface area contributed by atoms with Gasteiger partial charge < -0.3 is 36.6 Å². The van der Waals surface area contributed by atoms with Crippen molar-refractivity contribution >= 4 is 40.6 Å². The average Bonchev–Trinajstić information content (AvgIpc) is 2.98. The predicted molar refractivity (Wildman–Crippen MR) is 174 cm³/mol. The van der Waals surface area contributed by atoms with Crippen molar-refractivity contribution in [1.82, 2.24) is 16.0 Å². The fraction of sp³-hybridized carbons (Fsp3) is 0.576. The number of amides is 4. The molecule has 1 aromatic heterocycles. The van der Waals surface area contributed by atoms with Crippen molar-refractivity contribution < 1.29 is 33.1 Å². The molecular weight excluding hydrogens is 594 g/mol. The molecule has 1 heterocycles. The van der Waals surface area contributed by atoms with E-state index in [0.717, 1.165) is 6.42 Å². The van der Waals surface area contributed by atoms with Crippen LogP contribution >= 0.6 is 0 Å². The van der Waals surface area contributed by atoms with Crippen molar-refractivity contribution in [3.8, 4) is 0 Å². The van der Waals surface area contributed by atoms with Crippen LogP contribution in [0.25, 0.3) is 11.0 Å². The van der Waals surface area contributed by atoms with Crippen molar-refractivity contribution in [2.75, 3.05) is 13.2 Å². The van der Waals surface area contributed by atoms with E-state index in [1.165, 1.54) is 12.1 Å². The van der Waals surface area contributed by atoms with Crippen LogP contribution in [0.5, 0.6) is 0 Å². The molecule has 0 bridgehead atoms. The van der Waals surface area contributed by atoms with Crippen molar-refractivity contribution in [1.29, 1.82) is 0 Å². The van der Waals surface area contributed by atoms with Crippen LogP contribution in [0.15, 0.2) is 27.4 Å². The molecule has 13 nitrogen and oxygen atoms in total. The second-order valence-corrected chi connectivity index (χ2v) is 12.2. The molecule has 0 aliphatic carbocycles. The first kappa shape index (κ1) is 37.9. The minimum Gasteiger partial charge on any atom is -0.450 e. The first-order valence-electron chi connectivity index (χ1n) is 15.9. The number of fused-ring (bicyclic) bond motifs is 1. The molecule has 0 saturated carbocycles. The topological polar surface area (TPSA) is 213 Å². The van der Waals surface area contributed by atoms with Gasteiger partial charge in [0.1, 0.15) is 23.2 Å². The minimum atomic E-state index is -1.12. The van der Waals surface area contributed by atoms with Crippen LogP contribution in [-0.2, 0) is 14.3 Å². The van der Waals surface area contributed by atoms with Crippen LogP contribution in [0.3, 0.4) is 0 Å². The van der Waals surface area contributed by atoms with E-state index >= 15 is 0 Å². The maximum absolute atomic E-state index is 13.9. The lowest BCUT2D eigenvalue weighted by Gasteiger charge is -2.27. The molecule has 3 atom stereocenters. The molecule has 0 spiro atoms. The van der Waals surface area contributed by atoms with Gasteiger partial charge in [0.15, 0.2) is 5.78 Å². The number of aryl methyl sites for hydroxylation is 1. The molecule has 7 N–H and O–H groups in total. The number of benzene rings is 1. The highest BCUT2D eigenvalue weighted by Gasteiger charge is 2.33. The van der Waals surface area contributed by atoms with Crippen LogP contribution < -0.4 is 33.0 Å². The number of hydrogen-bond acceptors (Lipinski definition) is 9.